The van der Waals surface area contributed by atoms with E-state index in [4.69, 9.17) is 0 Å². The molecule has 6 heteroatoms. The molecule has 2 aliphatic rings. The van der Waals surface area contributed by atoms with Gasteiger partial charge in [-0.1, -0.05) is 0 Å². The first kappa shape index (κ1) is 11.4. The summed E-state index contributed by atoms with van der Waals surface area (Å²) in [5.41, 5.74) is -0.553. The number of rotatable bonds is 1. The van der Waals surface area contributed by atoms with Gasteiger partial charge in [0.25, 0.3) is 0 Å². The van der Waals surface area contributed by atoms with Gasteiger partial charge in [0.15, 0.2) is 11.5 Å². The number of methoxy groups -OCH3 is 1. The monoisotopic (exact) mass is 239 g/mol. The summed E-state index contributed by atoms with van der Waals surface area (Å²) in [4.78, 5) is 26.4. The van der Waals surface area contributed by atoms with Gasteiger partial charge in [-0.2, -0.15) is 0 Å². The number of carbonyl (C=O) groups is 2. The van der Waals surface area contributed by atoms with Gasteiger partial charge >= 0.3 is 5.97 Å². The van der Waals surface area contributed by atoms with Crippen molar-refractivity contribution in [3.8, 4) is 0 Å². The minimum absolute atomic E-state index is 0.265. The van der Waals surface area contributed by atoms with Crippen molar-refractivity contribution >= 4 is 17.5 Å². The van der Waals surface area contributed by atoms with Crippen LogP contribution in [0.15, 0.2) is 40.6 Å². The fraction of sp³-hybridized carbons (Fsp3) is 0.182. The Bertz CT molecular complexity index is 529. The summed E-state index contributed by atoms with van der Waals surface area (Å²) in [6.45, 7) is 0. The standard InChI is InChI=1S/C11H7F2NO3/c1-17-11(16)8-4-9(15)6-2-5(12)3-7(13)10(6)14-8/h2-4,6H,1H3. The van der Waals surface area contributed by atoms with Gasteiger partial charge < -0.3 is 4.74 Å². The molecule has 0 N–H and O–H groups in total. The third kappa shape index (κ3) is 1.93. The average molecular weight is 239 g/mol. The SMILES string of the molecule is COC(=O)C1=CC(=O)C2C=C(F)C=C(F)C2=N1. The summed E-state index contributed by atoms with van der Waals surface area (Å²) < 4.78 is 30.7. The van der Waals surface area contributed by atoms with E-state index in [0.717, 1.165) is 19.3 Å². The molecule has 0 fully saturated rings. The molecular weight excluding hydrogens is 232 g/mol. The Morgan fingerprint density at radius 3 is 2.76 bits per heavy atom. The fourth-order valence-electron chi connectivity index (χ4n) is 1.57. The number of nitrogens with zero attached hydrogens (tertiary/aromatic N) is 1. The van der Waals surface area contributed by atoms with E-state index in [1.807, 2.05) is 0 Å². The zero-order chi connectivity index (χ0) is 12.6. The summed E-state index contributed by atoms with van der Waals surface area (Å²) in [7, 11) is 1.12. The molecule has 0 radical (unpaired) electrons. The van der Waals surface area contributed by atoms with E-state index >= 15 is 0 Å². The highest BCUT2D eigenvalue weighted by molar-refractivity contribution is 6.22. The minimum Gasteiger partial charge on any atom is -0.464 e. The molecule has 0 saturated heterocycles. The number of hydrogen-bond acceptors (Lipinski definition) is 4. The van der Waals surface area contributed by atoms with Crippen molar-refractivity contribution in [2.24, 2.45) is 10.9 Å². The fourth-order valence-corrected chi connectivity index (χ4v) is 1.57. The number of halogens is 2. The lowest BCUT2D eigenvalue weighted by molar-refractivity contribution is -0.136. The molecule has 1 unspecified atom stereocenters. The van der Waals surface area contributed by atoms with Crippen LogP contribution in [-0.2, 0) is 14.3 Å². The molecule has 0 aromatic heterocycles. The maximum atomic E-state index is 13.4. The van der Waals surface area contributed by atoms with Gasteiger partial charge in [-0.15, -0.1) is 0 Å². The normalized spacial score (nSPS) is 23.0. The van der Waals surface area contributed by atoms with Crippen LogP contribution in [0, 0.1) is 5.92 Å². The lowest BCUT2D eigenvalue weighted by atomic mass is 9.90. The topological polar surface area (TPSA) is 55.7 Å². The molecule has 0 bridgehead atoms. The Hall–Kier alpha value is -2.11. The van der Waals surface area contributed by atoms with Crippen LogP contribution in [0.5, 0.6) is 0 Å². The van der Waals surface area contributed by atoms with E-state index in [1.165, 1.54) is 0 Å². The first-order chi connectivity index (χ1) is 8.02. The second kappa shape index (κ2) is 4.04. The summed E-state index contributed by atoms with van der Waals surface area (Å²) in [5.74, 6) is -4.35. The molecule has 0 saturated carbocycles. The van der Waals surface area contributed by atoms with E-state index in [2.05, 4.69) is 9.73 Å². The van der Waals surface area contributed by atoms with Crippen molar-refractivity contribution in [1.29, 1.82) is 0 Å². The maximum Gasteiger partial charge on any atom is 0.356 e. The van der Waals surface area contributed by atoms with Crippen LogP contribution in [0.4, 0.5) is 8.78 Å². The largest absolute Gasteiger partial charge is 0.464 e. The Morgan fingerprint density at radius 1 is 1.41 bits per heavy atom. The first-order valence-electron chi connectivity index (χ1n) is 4.70. The van der Waals surface area contributed by atoms with Crippen molar-refractivity contribution in [2.75, 3.05) is 7.11 Å². The van der Waals surface area contributed by atoms with Crippen molar-refractivity contribution in [2.45, 2.75) is 0 Å². The molecule has 4 nitrogen and oxygen atoms in total. The highest BCUT2D eigenvalue weighted by Gasteiger charge is 2.33. The van der Waals surface area contributed by atoms with Crippen LogP contribution >= 0.6 is 0 Å². The smallest absolute Gasteiger partial charge is 0.356 e. The summed E-state index contributed by atoms with van der Waals surface area (Å²) >= 11 is 0. The molecule has 17 heavy (non-hydrogen) atoms. The van der Waals surface area contributed by atoms with E-state index in [0.29, 0.717) is 6.08 Å². The first-order valence-corrected chi connectivity index (χ1v) is 4.70. The van der Waals surface area contributed by atoms with Crippen molar-refractivity contribution in [3.63, 3.8) is 0 Å². The highest BCUT2D eigenvalue weighted by Crippen LogP contribution is 2.27. The molecule has 0 aromatic carbocycles. The van der Waals surface area contributed by atoms with Gasteiger partial charge in [-0.25, -0.2) is 18.6 Å². The summed E-state index contributed by atoms with van der Waals surface area (Å²) in [6, 6.07) is 0. The lowest BCUT2D eigenvalue weighted by Gasteiger charge is -2.19. The van der Waals surface area contributed by atoms with Gasteiger partial charge in [0.2, 0.25) is 0 Å². The minimum atomic E-state index is -1.10. The lowest BCUT2D eigenvalue weighted by Crippen LogP contribution is -2.28. The highest BCUT2D eigenvalue weighted by atomic mass is 19.1. The molecule has 0 amide bonds. The molecule has 1 atom stereocenters. The number of ketones is 1. The number of fused-ring (bicyclic) bond motifs is 1. The third-order valence-corrected chi connectivity index (χ3v) is 2.35. The van der Waals surface area contributed by atoms with Crippen molar-refractivity contribution in [1.82, 2.24) is 0 Å². The molecule has 1 aliphatic heterocycles. The van der Waals surface area contributed by atoms with Crippen LogP contribution in [-0.4, -0.2) is 24.6 Å². The molecule has 2 rings (SSSR count). The van der Waals surface area contributed by atoms with Crippen LogP contribution < -0.4 is 0 Å². The summed E-state index contributed by atoms with van der Waals surface area (Å²) in [6.07, 6.45) is 2.49. The van der Waals surface area contributed by atoms with Crippen molar-refractivity contribution in [3.05, 3.63) is 35.6 Å². The zero-order valence-electron chi connectivity index (χ0n) is 8.74. The van der Waals surface area contributed by atoms with Crippen molar-refractivity contribution < 1.29 is 23.1 Å². The number of allylic oxidation sites excluding steroid dienone is 5. The van der Waals surface area contributed by atoms with E-state index < -0.39 is 29.3 Å². The molecule has 0 spiro atoms. The van der Waals surface area contributed by atoms with Gasteiger partial charge in [-0.05, 0) is 6.08 Å². The quantitative estimate of drug-likeness (QED) is 0.650. The summed E-state index contributed by atoms with van der Waals surface area (Å²) in [5, 5.41) is 0. The van der Waals surface area contributed by atoms with E-state index in [1.54, 1.807) is 0 Å². The Morgan fingerprint density at radius 2 is 2.12 bits per heavy atom. The van der Waals surface area contributed by atoms with Crippen LogP contribution in [0.1, 0.15) is 0 Å². The Labute approximate surface area is 95.0 Å². The molecule has 1 heterocycles. The van der Waals surface area contributed by atoms with Crippen LogP contribution in [0.25, 0.3) is 0 Å². The average Bonchev–Trinajstić information content (AvgIpc) is 2.29. The van der Waals surface area contributed by atoms with E-state index in [9.17, 15) is 18.4 Å². The number of aliphatic imine (C=N–C) groups is 1. The second-order valence-electron chi connectivity index (χ2n) is 3.44. The molecule has 0 aromatic rings. The molecule has 88 valence electrons. The molecule has 1 aliphatic carbocycles. The number of esters is 1. The number of ether oxygens (including phenoxy) is 1. The predicted molar refractivity (Wildman–Crippen MR) is 54.4 cm³/mol. The second-order valence-corrected chi connectivity index (χ2v) is 3.44. The van der Waals surface area contributed by atoms with E-state index in [-0.39, 0.29) is 11.4 Å². The van der Waals surface area contributed by atoms with Gasteiger partial charge in [0.05, 0.1) is 18.7 Å². The van der Waals surface area contributed by atoms with Gasteiger partial charge in [0, 0.05) is 12.2 Å². The van der Waals surface area contributed by atoms with Gasteiger partial charge in [-0.3, -0.25) is 4.79 Å². The molecular formula is C11H7F2NO3. The number of carbonyl (C=O) groups excluding carboxylic acids is 2. The Kier molecular flexibility index (Phi) is 2.71. The maximum absolute atomic E-state index is 13.4. The third-order valence-electron chi connectivity index (χ3n) is 2.35. The van der Waals surface area contributed by atoms with Gasteiger partial charge in [0.1, 0.15) is 11.7 Å². The zero-order valence-corrected chi connectivity index (χ0v) is 8.74. The Balaban J connectivity index is 2.45. The van der Waals surface area contributed by atoms with Crippen LogP contribution in [0.2, 0.25) is 0 Å². The predicted octanol–water partition coefficient (Wildman–Crippen LogP) is 1.40. The van der Waals surface area contributed by atoms with Crippen LogP contribution in [0.3, 0.4) is 0 Å². The number of hydrogen-bond donors (Lipinski definition) is 0.